The molecule has 1 saturated heterocycles. The zero-order chi connectivity index (χ0) is 13.5. The first-order valence-corrected chi connectivity index (χ1v) is 6.71. The second-order valence-corrected chi connectivity index (χ2v) is 5.19. The van der Waals surface area contributed by atoms with Crippen molar-refractivity contribution < 1.29 is 0 Å². The van der Waals surface area contributed by atoms with E-state index in [1.54, 1.807) is 6.20 Å². The topological polar surface area (TPSA) is 59.2 Å². The maximum Gasteiger partial charge on any atom is 0.160 e. The van der Waals surface area contributed by atoms with Crippen molar-refractivity contribution in [1.29, 1.82) is 0 Å². The van der Waals surface area contributed by atoms with Gasteiger partial charge >= 0.3 is 0 Å². The molecule has 3 aromatic heterocycles. The fourth-order valence-corrected chi connectivity index (χ4v) is 2.72. The van der Waals surface area contributed by atoms with E-state index in [0.717, 1.165) is 30.4 Å². The molecule has 6 nitrogen and oxygen atoms in total. The summed E-state index contributed by atoms with van der Waals surface area (Å²) in [7, 11) is 0. The van der Waals surface area contributed by atoms with E-state index in [-0.39, 0.29) is 0 Å². The number of anilines is 1. The van der Waals surface area contributed by atoms with Gasteiger partial charge in [0.1, 0.15) is 17.2 Å². The number of nitrogens with zero attached hydrogens (tertiary/aromatic N) is 6. The Morgan fingerprint density at radius 2 is 2.10 bits per heavy atom. The Labute approximate surface area is 120 Å². The molecule has 3 aromatic rings. The van der Waals surface area contributed by atoms with Crippen molar-refractivity contribution >= 4 is 23.1 Å². The Morgan fingerprint density at radius 3 is 2.95 bits per heavy atom. The first-order chi connectivity index (χ1) is 9.83. The standard InChI is InChI=1S/C13H11ClN6/c14-10-5-15-8-16-13(10)19-6-9(7-19)12-18-17-11-3-1-2-4-20(11)12/h1-5,8-9H,6-7H2. The van der Waals surface area contributed by atoms with Gasteiger partial charge in [-0.2, -0.15) is 0 Å². The Kier molecular flexibility index (Phi) is 2.56. The molecule has 0 aromatic carbocycles. The predicted molar refractivity (Wildman–Crippen MR) is 75.0 cm³/mol. The maximum atomic E-state index is 6.10. The van der Waals surface area contributed by atoms with Gasteiger partial charge in [0.25, 0.3) is 0 Å². The van der Waals surface area contributed by atoms with Gasteiger partial charge in [0.2, 0.25) is 0 Å². The van der Waals surface area contributed by atoms with Crippen LogP contribution in [0.1, 0.15) is 11.7 Å². The summed E-state index contributed by atoms with van der Waals surface area (Å²) < 4.78 is 2.03. The highest BCUT2D eigenvalue weighted by molar-refractivity contribution is 6.32. The van der Waals surface area contributed by atoms with Gasteiger partial charge in [-0.25, -0.2) is 9.97 Å². The van der Waals surface area contributed by atoms with E-state index >= 15 is 0 Å². The van der Waals surface area contributed by atoms with E-state index in [4.69, 9.17) is 11.6 Å². The molecule has 0 spiro atoms. The van der Waals surface area contributed by atoms with Gasteiger partial charge in [0.15, 0.2) is 11.5 Å². The molecular formula is C13H11ClN6. The van der Waals surface area contributed by atoms with Crippen LogP contribution in [0.15, 0.2) is 36.9 Å². The Hall–Kier alpha value is -2.21. The minimum atomic E-state index is 0.346. The number of aromatic nitrogens is 5. The molecule has 4 rings (SSSR count). The lowest BCUT2D eigenvalue weighted by Gasteiger charge is -2.39. The Bertz CT molecular complexity index is 764. The van der Waals surface area contributed by atoms with Crippen LogP contribution in [-0.4, -0.2) is 37.7 Å². The predicted octanol–water partition coefficient (Wildman–Crippen LogP) is 1.78. The van der Waals surface area contributed by atoms with E-state index < -0.39 is 0 Å². The zero-order valence-corrected chi connectivity index (χ0v) is 11.3. The van der Waals surface area contributed by atoms with Crippen molar-refractivity contribution in [3.05, 3.63) is 47.8 Å². The van der Waals surface area contributed by atoms with Crippen molar-refractivity contribution in [2.75, 3.05) is 18.0 Å². The number of hydrogen-bond acceptors (Lipinski definition) is 5. The average Bonchev–Trinajstić information content (AvgIpc) is 2.83. The zero-order valence-electron chi connectivity index (χ0n) is 10.5. The van der Waals surface area contributed by atoms with Crippen LogP contribution in [0.2, 0.25) is 5.02 Å². The Morgan fingerprint density at radius 1 is 1.20 bits per heavy atom. The molecule has 1 aliphatic rings. The van der Waals surface area contributed by atoms with Crippen LogP contribution >= 0.6 is 11.6 Å². The van der Waals surface area contributed by atoms with Gasteiger partial charge in [-0.05, 0) is 12.1 Å². The normalized spacial score (nSPS) is 15.6. The second-order valence-electron chi connectivity index (χ2n) is 4.78. The quantitative estimate of drug-likeness (QED) is 0.719. The number of hydrogen-bond donors (Lipinski definition) is 0. The third kappa shape index (κ3) is 1.72. The minimum Gasteiger partial charge on any atom is -0.354 e. The molecule has 1 aliphatic heterocycles. The van der Waals surface area contributed by atoms with Crippen molar-refractivity contribution in [2.45, 2.75) is 5.92 Å². The monoisotopic (exact) mass is 286 g/mol. The molecule has 7 heteroatoms. The summed E-state index contributed by atoms with van der Waals surface area (Å²) >= 11 is 6.10. The summed E-state index contributed by atoms with van der Waals surface area (Å²) in [4.78, 5) is 10.2. The van der Waals surface area contributed by atoms with Crippen LogP contribution in [0.4, 0.5) is 5.82 Å². The van der Waals surface area contributed by atoms with E-state index in [2.05, 4.69) is 25.1 Å². The molecule has 20 heavy (non-hydrogen) atoms. The summed E-state index contributed by atoms with van der Waals surface area (Å²) in [5.74, 6) is 2.12. The lowest BCUT2D eigenvalue weighted by molar-refractivity contribution is 0.492. The van der Waals surface area contributed by atoms with Crippen molar-refractivity contribution in [2.24, 2.45) is 0 Å². The van der Waals surface area contributed by atoms with Gasteiger partial charge in [-0.1, -0.05) is 17.7 Å². The van der Waals surface area contributed by atoms with Crippen LogP contribution in [0, 0.1) is 0 Å². The van der Waals surface area contributed by atoms with Crippen LogP contribution in [0.5, 0.6) is 0 Å². The summed E-state index contributed by atoms with van der Waals surface area (Å²) in [5, 5.41) is 9.05. The lowest BCUT2D eigenvalue weighted by atomic mass is 9.99. The molecule has 0 radical (unpaired) electrons. The molecule has 4 heterocycles. The number of rotatable bonds is 2. The summed E-state index contributed by atoms with van der Waals surface area (Å²) in [5.41, 5.74) is 0.876. The Balaban J connectivity index is 1.58. The van der Waals surface area contributed by atoms with Crippen molar-refractivity contribution in [3.63, 3.8) is 0 Å². The molecule has 0 N–H and O–H groups in total. The highest BCUT2D eigenvalue weighted by Crippen LogP contribution is 2.32. The molecule has 0 amide bonds. The fourth-order valence-electron chi connectivity index (χ4n) is 2.49. The number of fused-ring (bicyclic) bond motifs is 1. The highest BCUT2D eigenvalue weighted by atomic mass is 35.5. The molecule has 0 bridgehead atoms. The van der Waals surface area contributed by atoms with Gasteiger partial charge in [-0.15, -0.1) is 10.2 Å². The molecule has 0 aliphatic carbocycles. The lowest BCUT2D eigenvalue weighted by Crippen LogP contribution is -2.46. The molecule has 1 fully saturated rings. The molecule has 100 valence electrons. The summed E-state index contributed by atoms with van der Waals surface area (Å²) in [6.45, 7) is 1.68. The van der Waals surface area contributed by atoms with E-state index in [9.17, 15) is 0 Å². The van der Waals surface area contributed by atoms with E-state index in [1.807, 2.05) is 28.8 Å². The first kappa shape index (κ1) is 11.6. The maximum absolute atomic E-state index is 6.10. The SMILES string of the molecule is Clc1cncnc1N1CC(c2nnc3ccccn23)C1. The second kappa shape index (κ2) is 4.42. The van der Waals surface area contributed by atoms with Crippen molar-refractivity contribution in [1.82, 2.24) is 24.6 Å². The third-order valence-electron chi connectivity index (χ3n) is 3.53. The average molecular weight is 287 g/mol. The molecule has 0 atom stereocenters. The highest BCUT2D eigenvalue weighted by Gasteiger charge is 2.33. The minimum absolute atomic E-state index is 0.346. The van der Waals surface area contributed by atoms with Gasteiger partial charge < -0.3 is 4.90 Å². The molecule has 0 unspecified atom stereocenters. The number of halogens is 1. The van der Waals surface area contributed by atoms with Crippen LogP contribution in [0.25, 0.3) is 5.65 Å². The number of pyridine rings is 1. The van der Waals surface area contributed by atoms with Crippen LogP contribution in [0.3, 0.4) is 0 Å². The molecule has 0 saturated carbocycles. The largest absolute Gasteiger partial charge is 0.354 e. The van der Waals surface area contributed by atoms with E-state index in [1.165, 1.54) is 6.33 Å². The first-order valence-electron chi connectivity index (χ1n) is 6.33. The third-order valence-corrected chi connectivity index (χ3v) is 3.80. The van der Waals surface area contributed by atoms with Crippen LogP contribution < -0.4 is 4.90 Å². The van der Waals surface area contributed by atoms with E-state index in [0.29, 0.717) is 10.9 Å². The molecular weight excluding hydrogens is 276 g/mol. The van der Waals surface area contributed by atoms with Crippen molar-refractivity contribution in [3.8, 4) is 0 Å². The summed E-state index contributed by atoms with van der Waals surface area (Å²) in [6.07, 6.45) is 5.12. The van der Waals surface area contributed by atoms with Gasteiger partial charge in [-0.3, -0.25) is 4.40 Å². The smallest absolute Gasteiger partial charge is 0.160 e. The van der Waals surface area contributed by atoms with Crippen LogP contribution in [-0.2, 0) is 0 Å². The fraction of sp³-hybridized carbons (Fsp3) is 0.231. The van der Waals surface area contributed by atoms with Gasteiger partial charge in [0, 0.05) is 19.3 Å². The van der Waals surface area contributed by atoms with Gasteiger partial charge in [0.05, 0.1) is 12.1 Å². The summed E-state index contributed by atoms with van der Waals surface area (Å²) in [6, 6.07) is 5.90.